The summed E-state index contributed by atoms with van der Waals surface area (Å²) < 4.78 is 43.0. The van der Waals surface area contributed by atoms with Crippen LogP contribution in [0, 0.1) is 17.5 Å². The Balaban J connectivity index is 1.73. The van der Waals surface area contributed by atoms with Crippen molar-refractivity contribution in [3.8, 4) is 0 Å². The zero-order valence-corrected chi connectivity index (χ0v) is 16.0. The minimum atomic E-state index is -0.660. The Kier molecular flexibility index (Phi) is 5.23. The van der Waals surface area contributed by atoms with Crippen LogP contribution in [-0.4, -0.2) is 9.55 Å². The smallest absolute Gasteiger partial charge is 0.272 e. The first-order chi connectivity index (χ1) is 13.5. The highest BCUT2D eigenvalue weighted by molar-refractivity contribution is 7.98. The van der Waals surface area contributed by atoms with Crippen LogP contribution in [0.1, 0.15) is 11.1 Å². The van der Waals surface area contributed by atoms with E-state index in [9.17, 15) is 18.0 Å². The molecule has 3 nitrogen and oxygen atoms in total. The number of halogens is 3. The van der Waals surface area contributed by atoms with Gasteiger partial charge in [-0.3, -0.25) is 9.36 Å². The van der Waals surface area contributed by atoms with E-state index in [1.165, 1.54) is 34.1 Å². The van der Waals surface area contributed by atoms with Gasteiger partial charge in [-0.1, -0.05) is 36.0 Å². The molecule has 0 unspecified atom stereocenters. The third kappa shape index (κ3) is 3.70. The molecule has 0 amide bonds. The van der Waals surface area contributed by atoms with Crippen molar-refractivity contribution < 1.29 is 13.2 Å². The average Bonchev–Trinajstić information content (AvgIpc) is 3.14. The van der Waals surface area contributed by atoms with Gasteiger partial charge in [-0.15, -0.1) is 11.3 Å². The molecule has 8 heteroatoms. The van der Waals surface area contributed by atoms with Crippen LogP contribution in [0.5, 0.6) is 0 Å². The van der Waals surface area contributed by atoms with Crippen LogP contribution in [0.25, 0.3) is 10.2 Å². The van der Waals surface area contributed by atoms with E-state index in [2.05, 4.69) is 4.98 Å². The molecule has 142 valence electrons. The lowest BCUT2D eigenvalue weighted by molar-refractivity contribution is 0.575. The SMILES string of the molecule is O=c1c2sccc2nc(SCc2ccc(F)cc2F)n1Cc1ccccc1F. The fraction of sp³-hybridized carbons (Fsp3) is 0.100. The summed E-state index contributed by atoms with van der Waals surface area (Å²) in [4.78, 5) is 17.4. The van der Waals surface area contributed by atoms with Gasteiger partial charge in [0.15, 0.2) is 5.16 Å². The second-order valence-corrected chi connectivity index (χ2v) is 7.90. The molecule has 2 aromatic carbocycles. The van der Waals surface area contributed by atoms with E-state index in [0.717, 1.165) is 17.8 Å². The van der Waals surface area contributed by atoms with Crippen molar-refractivity contribution >= 4 is 33.3 Å². The maximum absolute atomic E-state index is 14.1. The Hall–Kier alpha value is -2.58. The van der Waals surface area contributed by atoms with E-state index in [4.69, 9.17) is 0 Å². The fourth-order valence-corrected chi connectivity index (χ4v) is 4.51. The topological polar surface area (TPSA) is 34.9 Å². The summed E-state index contributed by atoms with van der Waals surface area (Å²) in [5.41, 5.74) is 0.924. The van der Waals surface area contributed by atoms with Crippen molar-refractivity contribution in [2.75, 3.05) is 0 Å². The van der Waals surface area contributed by atoms with Gasteiger partial charge in [-0.2, -0.15) is 0 Å². The molecule has 0 N–H and O–H groups in total. The molecule has 2 aromatic heterocycles. The average molecular weight is 418 g/mol. The lowest BCUT2D eigenvalue weighted by Crippen LogP contribution is -2.23. The third-order valence-electron chi connectivity index (χ3n) is 4.19. The molecule has 28 heavy (non-hydrogen) atoms. The summed E-state index contributed by atoms with van der Waals surface area (Å²) in [6.45, 7) is 0.0145. The number of thioether (sulfide) groups is 1. The number of hydrogen-bond acceptors (Lipinski definition) is 4. The lowest BCUT2D eigenvalue weighted by Gasteiger charge is -2.13. The highest BCUT2D eigenvalue weighted by Crippen LogP contribution is 2.26. The molecule has 0 aliphatic heterocycles. The van der Waals surface area contributed by atoms with E-state index in [-0.39, 0.29) is 17.9 Å². The monoisotopic (exact) mass is 418 g/mol. The van der Waals surface area contributed by atoms with Crippen molar-refractivity contribution in [3.63, 3.8) is 0 Å². The molecule has 0 saturated carbocycles. The molecule has 0 bridgehead atoms. The quantitative estimate of drug-likeness (QED) is 0.329. The number of benzene rings is 2. The van der Waals surface area contributed by atoms with Crippen LogP contribution in [-0.2, 0) is 12.3 Å². The van der Waals surface area contributed by atoms with E-state index in [1.54, 1.807) is 29.6 Å². The second kappa shape index (κ2) is 7.81. The van der Waals surface area contributed by atoms with Gasteiger partial charge >= 0.3 is 0 Å². The minimum absolute atomic E-state index is 0.0145. The number of hydrogen-bond donors (Lipinski definition) is 0. The molecule has 0 radical (unpaired) electrons. The lowest BCUT2D eigenvalue weighted by atomic mass is 10.2. The summed E-state index contributed by atoms with van der Waals surface area (Å²) in [5, 5.41) is 2.11. The van der Waals surface area contributed by atoms with Crippen LogP contribution in [0.4, 0.5) is 13.2 Å². The molecule has 4 aromatic rings. The molecular formula is C20H13F3N2OS2. The first-order valence-electron chi connectivity index (χ1n) is 8.31. The van der Waals surface area contributed by atoms with Crippen molar-refractivity contribution in [2.45, 2.75) is 17.5 Å². The van der Waals surface area contributed by atoms with Crippen molar-refractivity contribution in [2.24, 2.45) is 0 Å². The van der Waals surface area contributed by atoms with Gasteiger partial charge in [-0.05, 0) is 29.1 Å². The predicted molar refractivity (Wildman–Crippen MR) is 105 cm³/mol. The van der Waals surface area contributed by atoms with Crippen molar-refractivity contribution in [3.05, 3.63) is 92.8 Å². The standard InChI is InChI=1S/C20H13F3N2OS2/c21-14-6-5-13(16(23)9-14)11-28-20-24-17-7-8-27-18(17)19(26)25(20)10-12-3-1-2-4-15(12)22/h1-9H,10-11H2. The van der Waals surface area contributed by atoms with E-state index < -0.39 is 17.5 Å². The van der Waals surface area contributed by atoms with Gasteiger partial charge in [0, 0.05) is 17.4 Å². The van der Waals surface area contributed by atoms with Gasteiger partial charge < -0.3 is 0 Å². The molecular weight excluding hydrogens is 405 g/mol. The Labute approximate surface area is 166 Å². The van der Waals surface area contributed by atoms with Crippen LogP contribution < -0.4 is 5.56 Å². The van der Waals surface area contributed by atoms with Gasteiger partial charge in [0.05, 0.1) is 12.1 Å². The zero-order valence-electron chi connectivity index (χ0n) is 14.4. The summed E-state index contributed by atoms with van der Waals surface area (Å²) in [6.07, 6.45) is 0. The molecule has 0 fully saturated rings. The molecule has 0 aliphatic rings. The van der Waals surface area contributed by atoms with Gasteiger partial charge in [0.25, 0.3) is 5.56 Å². The van der Waals surface area contributed by atoms with E-state index >= 15 is 0 Å². The minimum Gasteiger partial charge on any atom is -0.282 e. The highest BCUT2D eigenvalue weighted by atomic mass is 32.2. The Bertz CT molecular complexity index is 1220. The second-order valence-electron chi connectivity index (χ2n) is 6.04. The first kappa shape index (κ1) is 18.8. The van der Waals surface area contributed by atoms with Crippen LogP contribution in [0.2, 0.25) is 0 Å². The molecule has 0 atom stereocenters. The van der Waals surface area contributed by atoms with Gasteiger partial charge in [0.1, 0.15) is 22.2 Å². The molecule has 0 saturated heterocycles. The van der Waals surface area contributed by atoms with Gasteiger partial charge in [0.2, 0.25) is 0 Å². The summed E-state index contributed by atoms with van der Waals surface area (Å²) in [7, 11) is 0. The number of aromatic nitrogens is 2. The molecule has 0 aliphatic carbocycles. The maximum Gasteiger partial charge on any atom is 0.272 e. The molecule has 2 heterocycles. The highest BCUT2D eigenvalue weighted by Gasteiger charge is 2.15. The Morgan fingerprint density at radius 3 is 2.61 bits per heavy atom. The Morgan fingerprint density at radius 2 is 1.82 bits per heavy atom. The normalized spacial score (nSPS) is 11.2. The molecule has 0 spiro atoms. The van der Waals surface area contributed by atoms with Crippen LogP contribution in [0.15, 0.2) is 63.9 Å². The third-order valence-corrected chi connectivity index (χ3v) is 6.11. The number of fused-ring (bicyclic) bond motifs is 1. The van der Waals surface area contributed by atoms with Crippen LogP contribution in [0.3, 0.4) is 0 Å². The predicted octanol–water partition coefficient (Wildman–Crippen LogP) is 5.22. The number of rotatable bonds is 5. The fourth-order valence-electron chi connectivity index (χ4n) is 2.75. The summed E-state index contributed by atoms with van der Waals surface area (Å²) in [5.74, 6) is -1.57. The largest absolute Gasteiger partial charge is 0.282 e. The molecule has 4 rings (SSSR count). The zero-order chi connectivity index (χ0) is 19.7. The van der Waals surface area contributed by atoms with Crippen molar-refractivity contribution in [1.82, 2.24) is 9.55 Å². The maximum atomic E-state index is 14.1. The number of nitrogens with zero attached hydrogens (tertiary/aromatic N) is 2. The summed E-state index contributed by atoms with van der Waals surface area (Å²) >= 11 is 2.42. The first-order valence-corrected chi connectivity index (χ1v) is 10.2. The van der Waals surface area contributed by atoms with Gasteiger partial charge in [-0.25, -0.2) is 18.2 Å². The summed E-state index contributed by atoms with van der Waals surface area (Å²) in [6, 6.07) is 11.3. The van der Waals surface area contributed by atoms with Crippen LogP contribution >= 0.6 is 23.1 Å². The van der Waals surface area contributed by atoms with E-state index in [1.807, 2.05) is 0 Å². The van der Waals surface area contributed by atoms with E-state index in [0.29, 0.717) is 26.5 Å². The Morgan fingerprint density at radius 1 is 1.00 bits per heavy atom. The number of thiophene rings is 1. The van der Waals surface area contributed by atoms with Crippen molar-refractivity contribution in [1.29, 1.82) is 0 Å².